The van der Waals surface area contributed by atoms with Crippen LogP contribution in [-0.2, 0) is 11.2 Å². The molecule has 1 amide bonds. The third-order valence-corrected chi connectivity index (χ3v) is 2.09. The summed E-state index contributed by atoms with van der Waals surface area (Å²) in [6.45, 7) is 0.982. The van der Waals surface area contributed by atoms with E-state index in [1.54, 1.807) is 0 Å². The smallest absolute Gasteiger partial charge is 0.228 e. The molecule has 0 radical (unpaired) electrons. The number of nitrogens with two attached hydrogens (primary N) is 1. The molecule has 0 bridgehead atoms. The van der Waals surface area contributed by atoms with Crippen LogP contribution in [0, 0.1) is 0 Å². The molecule has 2 rings (SSSR count). The lowest BCUT2D eigenvalue weighted by molar-refractivity contribution is -0.115. The van der Waals surface area contributed by atoms with Crippen LogP contribution in [0.2, 0.25) is 0 Å². The van der Waals surface area contributed by atoms with Crippen LogP contribution >= 0.6 is 0 Å². The van der Waals surface area contributed by atoms with Gasteiger partial charge in [-0.05, 0) is 11.6 Å². The van der Waals surface area contributed by atoms with Gasteiger partial charge in [-0.15, -0.1) is 0 Å². The Labute approximate surface area is 82.1 Å². The van der Waals surface area contributed by atoms with Crippen molar-refractivity contribution in [3.63, 3.8) is 0 Å². The fourth-order valence-corrected chi connectivity index (χ4v) is 1.46. The molecule has 0 aliphatic carbocycles. The number of amides is 1. The molecule has 0 spiro atoms. The highest BCUT2D eigenvalue weighted by Gasteiger charge is 2.17. The van der Waals surface area contributed by atoms with E-state index < -0.39 is 0 Å². The Morgan fingerprint density at radius 1 is 1.50 bits per heavy atom. The van der Waals surface area contributed by atoms with Crippen molar-refractivity contribution in [2.24, 2.45) is 5.73 Å². The first-order valence-electron chi connectivity index (χ1n) is 4.55. The summed E-state index contributed by atoms with van der Waals surface area (Å²) in [6.07, 6.45) is 0.465. The van der Waals surface area contributed by atoms with Crippen LogP contribution in [-0.4, -0.2) is 19.1 Å². The normalized spacial score (nSPS) is 13.6. The number of anilines is 1. The zero-order valence-corrected chi connectivity index (χ0v) is 7.75. The molecule has 4 heteroatoms. The van der Waals surface area contributed by atoms with E-state index in [1.807, 2.05) is 18.2 Å². The molecule has 0 saturated carbocycles. The number of benzene rings is 1. The van der Waals surface area contributed by atoms with Crippen LogP contribution < -0.4 is 15.8 Å². The first-order valence-corrected chi connectivity index (χ1v) is 4.55. The molecule has 1 aliphatic heterocycles. The third-order valence-electron chi connectivity index (χ3n) is 2.09. The van der Waals surface area contributed by atoms with Gasteiger partial charge in [0, 0.05) is 18.3 Å². The second kappa shape index (κ2) is 3.67. The van der Waals surface area contributed by atoms with Gasteiger partial charge in [-0.2, -0.15) is 0 Å². The summed E-state index contributed by atoms with van der Waals surface area (Å²) in [7, 11) is 0. The summed E-state index contributed by atoms with van der Waals surface area (Å²) in [6, 6.07) is 5.59. The van der Waals surface area contributed by atoms with Gasteiger partial charge in [-0.3, -0.25) is 4.79 Å². The highest BCUT2D eigenvalue weighted by molar-refractivity contribution is 5.99. The molecule has 0 atom stereocenters. The topological polar surface area (TPSA) is 64.3 Å². The Kier molecular flexibility index (Phi) is 2.37. The summed E-state index contributed by atoms with van der Waals surface area (Å²) in [5, 5.41) is 2.76. The van der Waals surface area contributed by atoms with E-state index in [0.29, 0.717) is 19.6 Å². The fraction of sp³-hybridized carbons (Fsp3) is 0.300. The summed E-state index contributed by atoms with van der Waals surface area (Å²) >= 11 is 0. The van der Waals surface area contributed by atoms with Crippen LogP contribution in [0.15, 0.2) is 18.2 Å². The van der Waals surface area contributed by atoms with Crippen molar-refractivity contribution < 1.29 is 9.53 Å². The van der Waals surface area contributed by atoms with E-state index >= 15 is 0 Å². The molecule has 0 fully saturated rings. The van der Waals surface area contributed by atoms with Crippen molar-refractivity contribution in [2.45, 2.75) is 6.42 Å². The van der Waals surface area contributed by atoms with Gasteiger partial charge in [0.25, 0.3) is 0 Å². The van der Waals surface area contributed by atoms with Crippen molar-refractivity contribution in [3.05, 3.63) is 23.8 Å². The monoisotopic (exact) mass is 192 g/mol. The van der Waals surface area contributed by atoms with E-state index in [-0.39, 0.29) is 5.91 Å². The highest BCUT2D eigenvalue weighted by atomic mass is 16.5. The highest BCUT2D eigenvalue weighted by Crippen LogP contribution is 2.27. The maximum atomic E-state index is 11.1. The molecular weight excluding hydrogens is 180 g/mol. The lowest BCUT2D eigenvalue weighted by atomic mass is 10.1. The number of carbonyl (C=O) groups is 1. The number of ether oxygens (including phenoxy) is 1. The van der Waals surface area contributed by atoms with Crippen molar-refractivity contribution in [1.82, 2.24) is 0 Å². The van der Waals surface area contributed by atoms with Gasteiger partial charge in [0.05, 0.1) is 6.42 Å². The maximum absolute atomic E-state index is 11.1. The predicted molar refractivity (Wildman–Crippen MR) is 53.3 cm³/mol. The van der Waals surface area contributed by atoms with E-state index in [9.17, 15) is 4.79 Å². The van der Waals surface area contributed by atoms with Crippen LogP contribution in [0.4, 0.5) is 5.69 Å². The number of rotatable bonds is 3. The molecule has 1 aromatic carbocycles. The van der Waals surface area contributed by atoms with E-state index in [2.05, 4.69) is 5.32 Å². The van der Waals surface area contributed by atoms with E-state index in [1.165, 1.54) is 0 Å². The number of fused-ring (bicyclic) bond motifs is 1. The Bertz CT molecular complexity index is 363. The lowest BCUT2D eigenvalue weighted by Crippen LogP contribution is -2.10. The average Bonchev–Trinajstić information content (AvgIpc) is 2.54. The van der Waals surface area contributed by atoms with Gasteiger partial charge < -0.3 is 15.8 Å². The fourth-order valence-electron chi connectivity index (χ4n) is 1.46. The molecule has 74 valence electrons. The van der Waals surface area contributed by atoms with Crippen molar-refractivity contribution in [2.75, 3.05) is 18.5 Å². The SMILES string of the molecule is NCCOc1ccc2c(c1)NC(=O)C2. The average molecular weight is 192 g/mol. The minimum absolute atomic E-state index is 0.0379. The summed E-state index contributed by atoms with van der Waals surface area (Å²) < 4.78 is 5.34. The molecule has 14 heavy (non-hydrogen) atoms. The van der Waals surface area contributed by atoms with Crippen LogP contribution in [0.25, 0.3) is 0 Å². The second-order valence-corrected chi connectivity index (χ2v) is 3.18. The van der Waals surface area contributed by atoms with Crippen LogP contribution in [0.3, 0.4) is 0 Å². The number of nitrogens with one attached hydrogen (secondary N) is 1. The molecular formula is C10H12N2O2. The molecule has 0 saturated heterocycles. The molecule has 0 aromatic heterocycles. The minimum Gasteiger partial charge on any atom is -0.492 e. The molecule has 4 nitrogen and oxygen atoms in total. The van der Waals surface area contributed by atoms with Gasteiger partial charge in [0.1, 0.15) is 12.4 Å². The maximum Gasteiger partial charge on any atom is 0.228 e. The van der Waals surface area contributed by atoms with Crippen molar-refractivity contribution >= 4 is 11.6 Å². The molecule has 3 N–H and O–H groups in total. The quantitative estimate of drug-likeness (QED) is 0.733. The van der Waals surface area contributed by atoms with Gasteiger partial charge in [-0.1, -0.05) is 6.07 Å². The van der Waals surface area contributed by atoms with E-state index in [0.717, 1.165) is 17.0 Å². The Morgan fingerprint density at radius 2 is 2.36 bits per heavy atom. The van der Waals surface area contributed by atoms with Gasteiger partial charge in [0.2, 0.25) is 5.91 Å². The van der Waals surface area contributed by atoms with Crippen molar-refractivity contribution in [3.8, 4) is 5.75 Å². The number of hydrogen-bond donors (Lipinski definition) is 2. The predicted octanol–water partition coefficient (Wildman–Crippen LogP) is 0.519. The first kappa shape index (κ1) is 9.02. The van der Waals surface area contributed by atoms with Crippen molar-refractivity contribution in [1.29, 1.82) is 0 Å². The van der Waals surface area contributed by atoms with E-state index in [4.69, 9.17) is 10.5 Å². The summed E-state index contributed by atoms with van der Waals surface area (Å²) in [4.78, 5) is 11.1. The summed E-state index contributed by atoms with van der Waals surface area (Å²) in [5.41, 5.74) is 7.19. The number of carbonyl (C=O) groups excluding carboxylic acids is 1. The van der Waals surface area contributed by atoms with Crippen LogP contribution in [0.1, 0.15) is 5.56 Å². The van der Waals surface area contributed by atoms with Gasteiger partial charge in [0.15, 0.2) is 0 Å². The molecule has 1 aliphatic rings. The molecule has 0 unspecified atom stereocenters. The zero-order valence-electron chi connectivity index (χ0n) is 7.75. The molecule has 1 heterocycles. The molecule has 1 aromatic rings. The van der Waals surface area contributed by atoms with Crippen LogP contribution in [0.5, 0.6) is 5.75 Å². The zero-order chi connectivity index (χ0) is 9.97. The Balaban J connectivity index is 2.16. The minimum atomic E-state index is 0.0379. The van der Waals surface area contributed by atoms with Gasteiger partial charge in [-0.25, -0.2) is 0 Å². The third kappa shape index (κ3) is 1.70. The van der Waals surface area contributed by atoms with Gasteiger partial charge >= 0.3 is 0 Å². The second-order valence-electron chi connectivity index (χ2n) is 3.18. The standard InChI is InChI=1S/C10H12N2O2/c11-3-4-14-8-2-1-7-5-10(13)12-9(7)6-8/h1-2,6H,3-5,11H2,(H,12,13). The summed E-state index contributed by atoms with van der Waals surface area (Å²) in [5.74, 6) is 0.785. The Morgan fingerprint density at radius 3 is 3.14 bits per heavy atom. The lowest BCUT2D eigenvalue weighted by Gasteiger charge is -2.05. The number of hydrogen-bond acceptors (Lipinski definition) is 3. The Hall–Kier alpha value is -1.55. The largest absolute Gasteiger partial charge is 0.492 e. The first-order chi connectivity index (χ1) is 6.79.